The fourth-order valence-electron chi connectivity index (χ4n) is 2.35. The fourth-order valence-corrected chi connectivity index (χ4v) is 2.35. The predicted octanol–water partition coefficient (Wildman–Crippen LogP) is 4.62. The van der Waals surface area contributed by atoms with Crippen molar-refractivity contribution in [2.24, 2.45) is 0 Å². The zero-order valence-corrected chi connectivity index (χ0v) is 13.0. The first kappa shape index (κ1) is 16.7. The molecule has 0 saturated heterocycles. The molecule has 0 heterocycles. The lowest BCUT2D eigenvalue weighted by Crippen LogP contribution is -2.25. The van der Waals surface area contributed by atoms with Crippen LogP contribution in [0.2, 0.25) is 0 Å². The first-order chi connectivity index (χ1) is 9.81. The third-order valence-electron chi connectivity index (χ3n) is 3.58. The summed E-state index contributed by atoms with van der Waals surface area (Å²) >= 11 is 0. The van der Waals surface area contributed by atoms with Gasteiger partial charge in [0.25, 0.3) is 0 Å². The third-order valence-corrected chi connectivity index (χ3v) is 3.58. The maximum Gasteiger partial charge on any atom is 0.128 e. The van der Waals surface area contributed by atoms with Crippen molar-refractivity contribution in [1.29, 1.82) is 0 Å². The summed E-state index contributed by atoms with van der Waals surface area (Å²) in [7, 11) is 0. The van der Waals surface area contributed by atoms with Crippen LogP contribution in [-0.4, -0.2) is 19.4 Å². The van der Waals surface area contributed by atoms with Crippen molar-refractivity contribution in [1.82, 2.24) is 0 Å². The number of benzene rings is 1. The lowest BCUT2D eigenvalue weighted by Gasteiger charge is -2.25. The molecule has 0 fully saturated rings. The summed E-state index contributed by atoms with van der Waals surface area (Å²) in [6, 6.07) is 8.31. The molecule has 0 unspecified atom stereocenters. The monoisotopic (exact) mass is 274 g/mol. The number of carbonyl (C=O) groups is 1. The highest BCUT2D eigenvalue weighted by Crippen LogP contribution is 2.18. The fraction of sp³-hybridized carbons (Fsp3) is 0.556. The summed E-state index contributed by atoms with van der Waals surface area (Å²) in [5, 5.41) is 0. The van der Waals surface area contributed by atoms with Crippen LogP contribution in [0, 0.1) is 6.42 Å². The molecule has 111 valence electrons. The van der Waals surface area contributed by atoms with E-state index in [-0.39, 0.29) is 0 Å². The normalized spacial score (nSPS) is 10.5. The highest BCUT2D eigenvalue weighted by atomic mass is 16.1. The van der Waals surface area contributed by atoms with Crippen LogP contribution in [0.25, 0.3) is 0 Å². The van der Waals surface area contributed by atoms with E-state index in [1.165, 1.54) is 44.2 Å². The lowest BCUT2D eigenvalue weighted by molar-refractivity contribution is -0.104. The van der Waals surface area contributed by atoms with Gasteiger partial charge in [-0.1, -0.05) is 51.7 Å². The lowest BCUT2D eigenvalue weighted by atomic mass is 10.1. The largest absolute Gasteiger partial charge is 0.372 e. The van der Waals surface area contributed by atoms with Gasteiger partial charge in [-0.3, -0.25) is 0 Å². The molecule has 1 aromatic carbocycles. The smallest absolute Gasteiger partial charge is 0.128 e. The Morgan fingerprint density at radius 1 is 0.900 bits per heavy atom. The van der Waals surface area contributed by atoms with Gasteiger partial charge < -0.3 is 9.69 Å². The second kappa shape index (κ2) is 10.5. The quantitative estimate of drug-likeness (QED) is 0.433. The molecule has 0 aliphatic rings. The Morgan fingerprint density at radius 3 is 1.90 bits per heavy atom. The molecule has 0 aromatic heterocycles. The average molecular weight is 274 g/mol. The molecule has 1 rings (SSSR count). The molecular weight excluding hydrogens is 246 g/mol. The molecule has 0 saturated carbocycles. The van der Waals surface area contributed by atoms with Gasteiger partial charge in [-0.25, -0.2) is 0 Å². The van der Waals surface area contributed by atoms with Crippen molar-refractivity contribution in [2.75, 3.05) is 18.0 Å². The Balaban J connectivity index is 2.61. The first-order valence-corrected chi connectivity index (χ1v) is 7.95. The standard InChI is InChI=1S/C18H28NO/c1-3-5-7-14-19(15-8-6-4-2)18-11-9-17(10-12-18)13-16-20/h9-13,16H,3-8,14-15H2,1-2H3. The molecule has 0 N–H and O–H groups in total. The molecule has 0 aliphatic carbocycles. The van der Waals surface area contributed by atoms with E-state index in [2.05, 4.69) is 30.9 Å². The third kappa shape index (κ3) is 6.23. The van der Waals surface area contributed by atoms with E-state index in [0.717, 1.165) is 24.9 Å². The van der Waals surface area contributed by atoms with Gasteiger partial charge >= 0.3 is 0 Å². The SMILES string of the molecule is CCCCCN(CCCCC)c1ccc([CH]C=O)cc1. The molecule has 2 nitrogen and oxygen atoms in total. The van der Waals surface area contributed by atoms with Gasteiger partial charge in [-0.05, 0) is 30.5 Å². The summed E-state index contributed by atoms with van der Waals surface area (Å²) in [5.41, 5.74) is 2.26. The van der Waals surface area contributed by atoms with Crippen LogP contribution in [0.5, 0.6) is 0 Å². The first-order valence-electron chi connectivity index (χ1n) is 7.95. The number of hydrogen-bond donors (Lipinski definition) is 0. The Morgan fingerprint density at radius 2 is 1.45 bits per heavy atom. The van der Waals surface area contributed by atoms with Crippen LogP contribution in [0.15, 0.2) is 24.3 Å². The minimum Gasteiger partial charge on any atom is -0.372 e. The van der Waals surface area contributed by atoms with Gasteiger partial charge in [0.1, 0.15) is 6.29 Å². The molecule has 0 atom stereocenters. The zero-order chi connectivity index (χ0) is 14.6. The Kier molecular flexibility index (Phi) is 8.77. The van der Waals surface area contributed by atoms with Crippen molar-refractivity contribution >= 4 is 12.0 Å². The number of carbonyl (C=O) groups excluding carboxylic acids is 1. The zero-order valence-electron chi connectivity index (χ0n) is 13.0. The molecule has 0 spiro atoms. The Hall–Kier alpha value is -1.31. The summed E-state index contributed by atoms with van der Waals surface area (Å²) in [6.45, 7) is 6.75. The van der Waals surface area contributed by atoms with E-state index in [4.69, 9.17) is 0 Å². The van der Waals surface area contributed by atoms with E-state index in [9.17, 15) is 4.79 Å². The molecule has 2 heteroatoms. The maximum atomic E-state index is 10.5. The van der Waals surface area contributed by atoms with Gasteiger partial charge in [0.2, 0.25) is 0 Å². The van der Waals surface area contributed by atoms with E-state index >= 15 is 0 Å². The van der Waals surface area contributed by atoms with Crippen LogP contribution >= 0.6 is 0 Å². The highest BCUT2D eigenvalue weighted by molar-refractivity contribution is 5.68. The maximum absolute atomic E-state index is 10.5. The molecule has 20 heavy (non-hydrogen) atoms. The highest BCUT2D eigenvalue weighted by Gasteiger charge is 2.06. The van der Waals surface area contributed by atoms with Crippen LogP contribution in [-0.2, 0) is 4.79 Å². The number of nitrogens with zero attached hydrogens (tertiary/aromatic N) is 1. The summed E-state index contributed by atoms with van der Waals surface area (Å²) in [4.78, 5) is 13.0. The van der Waals surface area contributed by atoms with Gasteiger partial charge in [-0.15, -0.1) is 0 Å². The number of anilines is 1. The Labute approximate surface area is 124 Å². The minimum atomic E-state index is 0.843. The van der Waals surface area contributed by atoms with Crippen LogP contribution < -0.4 is 4.90 Å². The second-order valence-corrected chi connectivity index (χ2v) is 5.30. The second-order valence-electron chi connectivity index (χ2n) is 5.30. The molecule has 0 bridgehead atoms. The van der Waals surface area contributed by atoms with Crippen molar-refractivity contribution < 1.29 is 4.79 Å². The molecule has 0 amide bonds. The number of unbranched alkanes of at least 4 members (excludes halogenated alkanes) is 4. The summed E-state index contributed by atoms with van der Waals surface area (Å²) in [6.07, 6.45) is 10.1. The van der Waals surface area contributed by atoms with Crippen LogP contribution in [0.3, 0.4) is 0 Å². The van der Waals surface area contributed by atoms with Crippen molar-refractivity contribution in [2.45, 2.75) is 52.4 Å². The topological polar surface area (TPSA) is 20.3 Å². The van der Waals surface area contributed by atoms with Gasteiger partial charge in [0.15, 0.2) is 0 Å². The molecule has 1 radical (unpaired) electrons. The van der Waals surface area contributed by atoms with Gasteiger partial charge in [0.05, 0.1) is 6.42 Å². The van der Waals surface area contributed by atoms with Crippen LogP contribution in [0.4, 0.5) is 5.69 Å². The molecular formula is C18H28NO. The Bertz CT molecular complexity index is 348. The summed E-state index contributed by atoms with van der Waals surface area (Å²) < 4.78 is 0. The number of rotatable bonds is 11. The van der Waals surface area contributed by atoms with Crippen LogP contribution in [0.1, 0.15) is 57.9 Å². The van der Waals surface area contributed by atoms with Gasteiger partial charge in [-0.2, -0.15) is 0 Å². The average Bonchev–Trinajstić information content (AvgIpc) is 2.47. The van der Waals surface area contributed by atoms with Gasteiger partial charge in [0, 0.05) is 18.8 Å². The van der Waals surface area contributed by atoms with Crippen molar-refractivity contribution in [3.8, 4) is 0 Å². The van der Waals surface area contributed by atoms with E-state index in [1.807, 2.05) is 12.1 Å². The van der Waals surface area contributed by atoms with E-state index in [0.29, 0.717) is 0 Å². The molecule has 1 aromatic rings. The predicted molar refractivity (Wildman–Crippen MR) is 87.2 cm³/mol. The van der Waals surface area contributed by atoms with Crippen molar-refractivity contribution in [3.05, 3.63) is 36.2 Å². The minimum absolute atomic E-state index is 0.843. The van der Waals surface area contributed by atoms with Crippen molar-refractivity contribution in [3.63, 3.8) is 0 Å². The summed E-state index contributed by atoms with van der Waals surface area (Å²) in [5.74, 6) is 0. The number of aldehydes is 1. The molecule has 0 aliphatic heterocycles. The number of hydrogen-bond acceptors (Lipinski definition) is 2. The van der Waals surface area contributed by atoms with E-state index in [1.54, 1.807) is 6.42 Å². The van der Waals surface area contributed by atoms with E-state index < -0.39 is 0 Å².